The molecular weight excluding hydrogens is 260 g/mol. The average molecular weight is 268 g/mol. The fourth-order valence-electron chi connectivity index (χ4n) is 1.50. The summed E-state index contributed by atoms with van der Waals surface area (Å²) in [5.41, 5.74) is 1.34. The van der Waals surface area contributed by atoms with Gasteiger partial charge in [-0.1, -0.05) is 11.3 Å². The lowest BCUT2D eigenvalue weighted by Crippen LogP contribution is -2.12. The molecule has 2 aromatic heterocycles. The summed E-state index contributed by atoms with van der Waals surface area (Å²) < 4.78 is 13.0. The van der Waals surface area contributed by atoms with Gasteiger partial charge in [0.2, 0.25) is 0 Å². The van der Waals surface area contributed by atoms with Gasteiger partial charge in [0, 0.05) is 6.42 Å². The maximum Gasteiger partial charge on any atom is 0.278 e. The molecule has 3 heterocycles. The zero-order valence-corrected chi connectivity index (χ0v) is 10.3. The van der Waals surface area contributed by atoms with E-state index < -0.39 is 0 Å². The maximum atomic E-state index is 11.7. The van der Waals surface area contributed by atoms with Crippen molar-refractivity contribution in [2.75, 3.05) is 11.9 Å². The SMILES string of the molecule is O=C(Nc1nc2c(s1)COCC2)c1cnsn1. The van der Waals surface area contributed by atoms with Crippen LogP contribution in [0.1, 0.15) is 21.1 Å². The van der Waals surface area contributed by atoms with E-state index in [1.807, 2.05) is 0 Å². The average Bonchev–Trinajstić information content (AvgIpc) is 2.97. The Labute approximate surface area is 105 Å². The van der Waals surface area contributed by atoms with E-state index in [1.54, 1.807) is 0 Å². The van der Waals surface area contributed by atoms with Crippen molar-refractivity contribution in [3.05, 3.63) is 22.5 Å². The van der Waals surface area contributed by atoms with Gasteiger partial charge in [-0.2, -0.15) is 8.75 Å². The molecule has 0 radical (unpaired) electrons. The molecule has 1 aliphatic rings. The number of anilines is 1. The zero-order chi connectivity index (χ0) is 11.7. The predicted molar refractivity (Wildman–Crippen MR) is 63.3 cm³/mol. The van der Waals surface area contributed by atoms with Crippen LogP contribution in [0.5, 0.6) is 0 Å². The number of nitrogens with zero attached hydrogens (tertiary/aromatic N) is 3. The molecule has 6 nitrogen and oxygen atoms in total. The summed E-state index contributed by atoms with van der Waals surface area (Å²) in [6, 6.07) is 0. The molecule has 0 fully saturated rings. The molecule has 17 heavy (non-hydrogen) atoms. The van der Waals surface area contributed by atoms with Crippen molar-refractivity contribution in [3.63, 3.8) is 0 Å². The van der Waals surface area contributed by atoms with Crippen molar-refractivity contribution in [1.82, 2.24) is 13.7 Å². The van der Waals surface area contributed by atoms with Gasteiger partial charge in [0.1, 0.15) is 0 Å². The molecule has 0 saturated carbocycles. The number of thiazole rings is 1. The Balaban J connectivity index is 1.77. The number of amides is 1. The summed E-state index contributed by atoms with van der Waals surface area (Å²) in [7, 11) is 0. The van der Waals surface area contributed by atoms with Gasteiger partial charge < -0.3 is 4.74 Å². The summed E-state index contributed by atoms with van der Waals surface area (Å²) in [4.78, 5) is 17.2. The van der Waals surface area contributed by atoms with E-state index in [9.17, 15) is 4.79 Å². The van der Waals surface area contributed by atoms with E-state index >= 15 is 0 Å². The minimum Gasteiger partial charge on any atom is -0.375 e. The van der Waals surface area contributed by atoms with Crippen LogP contribution in [-0.2, 0) is 17.8 Å². The first kappa shape index (κ1) is 10.8. The molecule has 2 aromatic rings. The van der Waals surface area contributed by atoms with Crippen LogP contribution in [0.2, 0.25) is 0 Å². The third-order valence-corrected chi connectivity index (χ3v) is 3.77. The first-order valence-corrected chi connectivity index (χ1v) is 6.53. The number of aromatic nitrogens is 3. The molecule has 0 aromatic carbocycles. The monoisotopic (exact) mass is 268 g/mol. The molecule has 1 amide bonds. The van der Waals surface area contributed by atoms with Crippen LogP contribution in [0.25, 0.3) is 0 Å². The standard InChI is InChI=1S/C9H8N4O2S2/c14-8(6-3-10-17-13-6)12-9-11-5-1-2-15-4-7(5)16-9/h3H,1-2,4H2,(H,11,12,14). The molecule has 88 valence electrons. The van der Waals surface area contributed by atoms with Crippen LogP contribution in [0.4, 0.5) is 5.13 Å². The van der Waals surface area contributed by atoms with Crippen molar-refractivity contribution in [2.24, 2.45) is 0 Å². The minimum atomic E-state index is -0.272. The lowest BCUT2D eigenvalue weighted by molar-refractivity contribution is 0.102. The Hall–Kier alpha value is -1.38. The number of hydrogen-bond acceptors (Lipinski definition) is 7. The van der Waals surface area contributed by atoms with Crippen LogP contribution in [0, 0.1) is 0 Å². The van der Waals surface area contributed by atoms with Gasteiger partial charge in [-0.3, -0.25) is 10.1 Å². The van der Waals surface area contributed by atoms with Crippen molar-refractivity contribution in [1.29, 1.82) is 0 Å². The van der Waals surface area contributed by atoms with E-state index in [4.69, 9.17) is 4.74 Å². The lowest BCUT2D eigenvalue weighted by atomic mass is 10.2. The molecule has 0 unspecified atom stereocenters. The van der Waals surface area contributed by atoms with Crippen molar-refractivity contribution < 1.29 is 9.53 Å². The fraction of sp³-hybridized carbons (Fsp3) is 0.333. The summed E-state index contributed by atoms with van der Waals surface area (Å²) in [6.45, 7) is 1.28. The third kappa shape index (κ3) is 2.19. The summed E-state index contributed by atoms with van der Waals surface area (Å²) in [6.07, 6.45) is 2.25. The summed E-state index contributed by atoms with van der Waals surface area (Å²) >= 11 is 2.46. The number of carbonyl (C=O) groups is 1. The van der Waals surface area contributed by atoms with Gasteiger partial charge >= 0.3 is 0 Å². The van der Waals surface area contributed by atoms with Gasteiger partial charge in [0.05, 0.1) is 41.7 Å². The Kier molecular flexibility index (Phi) is 2.83. The van der Waals surface area contributed by atoms with E-state index in [0.29, 0.717) is 24.0 Å². The number of hydrogen-bond donors (Lipinski definition) is 1. The highest BCUT2D eigenvalue weighted by atomic mass is 32.1. The van der Waals surface area contributed by atoms with E-state index in [-0.39, 0.29) is 5.91 Å². The highest BCUT2D eigenvalue weighted by Crippen LogP contribution is 2.27. The molecule has 0 atom stereocenters. The molecule has 0 bridgehead atoms. The second kappa shape index (κ2) is 4.47. The van der Waals surface area contributed by atoms with Gasteiger partial charge in [-0.15, -0.1) is 0 Å². The molecule has 1 aliphatic heterocycles. The lowest BCUT2D eigenvalue weighted by Gasteiger charge is -2.08. The van der Waals surface area contributed by atoms with E-state index in [2.05, 4.69) is 19.0 Å². The third-order valence-electron chi connectivity index (χ3n) is 2.31. The van der Waals surface area contributed by atoms with Crippen molar-refractivity contribution in [2.45, 2.75) is 13.0 Å². The highest BCUT2D eigenvalue weighted by molar-refractivity contribution is 7.15. The molecule has 0 saturated heterocycles. The maximum absolute atomic E-state index is 11.7. The molecule has 0 aliphatic carbocycles. The van der Waals surface area contributed by atoms with Gasteiger partial charge in [0.25, 0.3) is 5.91 Å². The molecule has 0 spiro atoms. The molecule has 1 N–H and O–H groups in total. The summed E-state index contributed by atoms with van der Waals surface area (Å²) in [5, 5.41) is 3.31. The topological polar surface area (TPSA) is 77.0 Å². The van der Waals surface area contributed by atoms with E-state index in [1.165, 1.54) is 17.5 Å². The Bertz CT molecular complexity index is 514. The van der Waals surface area contributed by atoms with Crippen LogP contribution >= 0.6 is 23.1 Å². The Morgan fingerprint density at radius 3 is 3.24 bits per heavy atom. The second-order valence-electron chi connectivity index (χ2n) is 3.44. The van der Waals surface area contributed by atoms with Crippen LogP contribution in [0.3, 0.4) is 0 Å². The molecule has 3 rings (SSSR count). The summed E-state index contributed by atoms with van der Waals surface area (Å²) in [5.74, 6) is -0.272. The Morgan fingerprint density at radius 1 is 1.53 bits per heavy atom. The number of nitrogens with one attached hydrogen (secondary N) is 1. The van der Waals surface area contributed by atoms with Crippen molar-refractivity contribution in [3.8, 4) is 0 Å². The van der Waals surface area contributed by atoms with Gasteiger partial charge in [-0.05, 0) is 0 Å². The number of ether oxygens (including phenoxy) is 1. The normalized spacial score (nSPS) is 14.4. The predicted octanol–water partition coefficient (Wildman–Crippen LogP) is 1.32. The molecular formula is C9H8N4O2S2. The number of fused-ring (bicyclic) bond motifs is 1. The van der Waals surface area contributed by atoms with Crippen LogP contribution in [-0.4, -0.2) is 26.2 Å². The highest BCUT2D eigenvalue weighted by Gasteiger charge is 2.17. The first-order valence-electron chi connectivity index (χ1n) is 4.98. The number of rotatable bonds is 2. The fourth-order valence-corrected chi connectivity index (χ4v) is 2.86. The quantitative estimate of drug-likeness (QED) is 0.888. The van der Waals surface area contributed by atoms with Crippen molar-refractivity contribution >= 4 is 34.1 Å². The first-order chi connectivity index (χ1) is 8.33. The second-order valence-corrected chi connectivity index (χ2v) is 5.08. The van der Waals surface area contributed by atoms with Gasteiger partial charge in [-0.25, -0.2) is 4.98 Å². The minimum absolute atomic E-state index is 0.272. The molecule has 8 heteroatoms. The van der Waals surface area contributed by atoms with E-state index in [0.717, 1.165) is 28.7 Å². The van der Waals surface area contributed by atoms with Crippen LogP contribution in [0.15, 0.2) is 6.20 Å². The largest absolute Gasteiger partial charge is 0.375 e. The van der Waals surface area contributed by atoms with Crippen LogP contribution < -0.4 is 5.32 Å². The zero-order valence-electron chi connectivity index (χ0n) is 8.67. The number of carbonyl (C=O) groups excluding carboxylic acids is 1. The van der Waals surface area contributed by atoms with Gasteiger partial charge in [0.15, 0.2) is 10.8 Å². The smallest absolute Gasteiger partial charge is 0.278 e. The Morgan fingerprint density at radius 2 is 2.47 bits per heavy atom.